The fourth-order valence-electron chi connectivity index (χ4n) is 2.49. The number of benzene rings is 2. The van der Waals surface area contributed by atoms with Crippen molar-refractivity contribution in [2.24, 2.45) is 5.10 Å². The van der Waals surface area contributed by atoms with Crippen LogP contribution in [0.2, 0.25) is 0 Å². The predicted molar refractivity (Wildman–Crippen MR) is 106 cm³/mol. The van der Waals surface area contributed by atoms with E-state index in [2.05, 4.69) is 15.8 Å². The number of amides is 1. The lowest BCUT2D eigenvalue weighted by Gasteiger charge is -2.05. The molecule has 0 fully saturated rings. The number of nitro benzene ring substituents is 1. The number of carbonyl (C=O) groups excluding carboxylic acids is 1. The molecule has 1 aromatic heterocycles. The maximum Gasteiger partial charge on any atom is 0.270 e. The number of nitrogens with zero attached hydrogens (tertiary/aromatic N) is 2. The number of rotatable bonds is 7. The maximum absolute atomic E-state index is 11.8. The van der Waals surface area contributed by atoms with Crippen LogP contribution in [0.4, 0.5) is 11.4 Å². The van der Waals surface area contributed by atoms with E-state index in [0.29, 0.717) is 17.1 Å². The summed E-state index contributed by atoms with van der Waals surface area (Å²) in [5.74, 6) is 0.578. The molecular weight excluding hydrogens is 360 g/mol. The van der Waals surface area contributed by atoms with Gasteiger partial charge in [-0.2, -0.15) is 5.10 Å². The summed E-state index contributed by atoms with van der Waals surface area (Å²) in [5, 5.41) is 17.7. The first kappa shape index (κ1) is 18.8. The van der Waals surface area contributed by atoms with Crippen LogP contribution in [0.15, 0.2) is 70.2 Å². The highest BCUT2D eigenvalue weighted by molar-refractivity contribution is 5.83. The van der Waals surface area contributed by atoms with Crippen molar-refractivity contribution in [2.75, 3.05) is 11.9 Å². The quantitative estimate of drug-likeness (QED) is 0.370. The lowest BCUT2D eigenvalue weighted by molar-refractivity contribution is -0.384. The molecule has 0 aliphatic carbocycles. The highest BCUT2D eigenvalue weighted by atomic mass is 16.6. The number of non-ortho nitro benzene ring substituents is 1. The van der Waals surface area contributed by atoms with Gasteiger partial charge in [0.1, 0.15) is 11.5 Å². The Morgan fingerprint density at radius 3 is 2.79 bits per heavy atom. The van der Waals surface area contributed by atoms with Crippen molar-refractivity contribution in [2.45, 2.75) is 6.92 Å². The number of aryl methyl sites for hydroxylation is 1. The SMILES string of the molecule is Cc1cccc(NCC(=O)N/N=C\c2ccc(-c3cccc([N+](=O)[O-])c3)o2)c1. The van der Waals surface area contributed by atoms with Gasteiger partial charge >= 0.3 is 0 Å². The van der Waals surface area contributed by atoms with Crippen molar-refractivity contribution in [3.63, 3.8) is 0 Å². The number of carbonyl (C=O) groups is 1. The molecule has 3 rings (SSSR count). The maximum atomic E-state index is 11.8. The van der Waals surface area contributed by atoms with E-state index in [-0.39, 0.29) is 18.1 Å². The summed E-state index contributed by atoms with van der Waals surface area (Å²) >= 11 is 0. The van der Waals surface area contributed by atoms with E-state index in [1.54, 1.807) is 24.3 Å². The van der Waals surface area contributed by atoms with E-state index in [4.69, 9.17) is 4.42 Å². The van der Waals surface area contributed by atoms with Crippen LogP contribution in [-0.4, -0.2) is 23.6 Å². The monoisotopic (exact) mass is 378 g/mol. The van der Waals surface area contributed by atoms with Gasteiger partial charge in [0.15, 0.2) is 0 Å². The fourth-order valence-corrected chi connectivity index (χ4v) is 2.49. The summed E-state index contributed by atoms with van der Waals surface area (Å²) in [4.78, 5) is 22.2. The lowest BCUT2D eigenvalue weighted by Crippen LogP contribution is -2.25. The third-order valence-electron chi connectivity index (χ3n) is 3.82. The number of hydrogen-bond acceptors (Lipinski definition) is 6. The Morgan fingerprint density at radius 1 is 1.18 bits per heavy atom. The molecule has 28 heavy (non-hydrogen) atoms. The first-order valence-corrected chi connectivity index (χ1v) is 8.48. The summed E-state index contributed by atoms with van der Waals surface area (Å²) in [5.41, 5.74) is 4.93. The van der Waals surface area contributed by atoms with Crippen LogP contribution in [0.1, 0.15) is 11.3 Å². The van der Waals surface area contributed by atoms with Crippen molar-refractivity contribution < 1.29 is 14.1 Å². The zero-order valence-electron chi connectivity index (χ0n) is 15.1. The largest absolute Gasteiger partial charge is 0.455 e. The summed E-state index contributed by atoms with van der Waals surface area (Å²) in [7, 11) is 0. The zero-order chi connectivity index (χ0) is 19.9. The summed E-state index contributed by atoms with van der Waals surface area (Å²) < 4.78 is 5.59. The van der Waals surface area contributed by atoms with Gasteiger partial charge in [-0.3, -0.25) is 14.9 Å². The Balaban J connectivity index is 1.54. The predicted octanol–water partition coefficient (Wildman–Crippen LogP) is 3.73. The molecule has 0 bridgehead atoms. The Bertz CT molecular complexity index is 1030. The number of hydrazone groups is 1. The Kier molecular flexibility index (Phi) is 5.81. The topological polar surface area (TPSA) is 110 Å². The van der Waals surface area contributed by atoms with E-state index in [0.717, 1.165) is 11.3 Å². The molecule has 2 N–H and O–H groups in total. The standard InChI is InChI=1S/C20H18N4O4/c1-14-4-2-6-16(10-14)21-13-20(25)23-22-12-18-8-9-19(28-18)15-5-3-7-17(11-15)24(26)27/h2-12,21H,13H2,1H3,(H,23,25)/b22-12-. The molecule has 3 aromatic rings. The van der Waals surface area contributed by atoms with E-state index < -0.39 is 4.92 Å². The summed E-state index contributed by atoms with van der Waals surface area (Å²) in [6.45, 7) is 2.05. The minimum atomic E-state index is -0.463. The van der Waals surface area contributed by atoms with E-state index in [1.807, 2.05) is 31.2 Å². The summed E-state index contributed by atoms with van der Waals surface area (Å²) in [6, 6.07) is 17.2. The van der Waals surface area contributed by atoms with Crippen LogP contribution < -0.4 is 10.7 Å². The average molecular weight is 378 g/mol. The fraction of sp³-hybridized carbons (Fsp3) is 0.100. The van der Waals surface area contributed by atoms with Crippen molar-refractivity contribution in [1.82, 2.24) is 5.43 Å². The van der Waals surface area contributed by atoms with Gasteiger partial charge in [0.25, 0.3) is 11.6 Å². The summed E-state index contributed by atoms with van der Waals surface area (Å²) in [6.07, 6.45) is 1.37. The second-order valence-electron chi connectivity index (χ2n) is 6.03. The second-order valence-corrected chi connectivity index (χ2v) is 6.03. The number of nitro groups is 1. The van der Waals surface area contributed by atoms with Crippen LogP contribution >= 0.6 is 0 Å². The lowest BCUT2D eigenvalue weighted by atomic mass is 10.1. The van der Waals surface area contributed by atoms with Crippen LogP contribution in [0.5, 0.6) is 0 Å². The van der Waals surface area contributed by atoms with E-state index >= 15 is 0 Å². The number of furan rings is 1. The molecule has 1 amide bonds. The third kappa shape index (κ3) is 5.04. The van der Waals surface area contributed by atoms with Gasteiger partial charge < -0.3 is 9.73 Å². The van der Waals surface area contributed by atoms with Crippen molar-refractivity contribution >= 4 is 23.5 Å². The first-order chi connectivity index (χ1) is 13.5. The minimum Gasteiger partial charge on any atom is -0.455 e. The van der Waals surface area contributed by atoms with Crippen LogP contribution in [0.25, 0.3) is 11.3 Å². The van der Waals surface area contributed by atoms with Gasteiger partial charge in [-0.15, -0.1) is 0 Å². The molecule has 2 aromatic carbocycles. The number of hydrogen-bond donors (Lipinski definition) is 2. The molecular formula is C20H18N4O4. The molecule has 1 heterocycles. The molecule has 0 atom stereocenters. The van der Waals surface area contributed by atoms with Gasteiger partial charge in [-0.05, 0) is 36.8 Å². The number of nitrogens with one attached hydrogen (secondary N) is 2. The molecule has 0 spiro atoms. The van der Waals surface area contributed by atoms with E-state index in [1.165, 1.54) is 18.3 Å². The highest BCUT2D eigenvalue weighted by Crippen LogP contribution is 2.25. The van der Waals surface area contributed by atoms with Crippen molar-refractivity contribution in [1.29, 1.82) is 0 Å². The van der Waals surface area contributed by atoms with Crippen LogP contribution in [0.3, 0.4) is 0 Å². The average Bonchev–Trinajstić information content (AvgIpc) is 3.15. The molecule has 142 valence electrons. The van der Waals surface area contributed by atoms with Gasteiger partial charge in [0.05, 0.1) is 17.7 Å². The molecule has 0 radical (unpaired) electrons. The smallest absolute Gasteiger partial charge is 0.270 e. The molecule has 0 aliphatic rings. The van der Waals surface area contributed by atoms with Crippen molar-refractivity contribution in [3.8, 4) is 11.3 Å². The van der Waals surface area contributed by atoms with E-state index in [9.17, 15) is 14.9 Å². The third-order valence-corrected chi connectivity index (χ3v) is 3.82. The zero-order valence-corrected chi connectivity index (χ0v) is 15.1. The Hall–Kier alpha value is -3.94. The molecule has 8 heteroatoms. The van der Waals surface area contributed by atoms with Crippen LogP contribution in [0, 0.1) is 17.0 Å². The van der Waals surface area contributed by atoms with Crippen molar-refractivity contribution in [3.05, 3.63) is 82.1 Å². The first-order valence-electron chi connectivity index (χ1n) is 8.48. The van der Waals surface area contributed by atoms with Gasteiger partial charge in [0.2, 0.25) is 0 Å². The second kappa shape index (κ2) is 8.63. The highest BCUT2D eigenvalue weighted by Gasteiger charge is 2.09. The minimum absolute atomic E-state index is 0.0162. The molecule has 0 unspecified atom stereocenters. The molecule has 0 aliphatic heterocycles. The van der Waals surface area contributed by atoms with Gasteiger partial charge in [-0.25, -0.2) is 5.43 Å². The Morgan fingerprint density at radius 2 is 2.00 bits per heavy atom. The molecule has 0 saturated carbocycles. The van der Waals surface area contributed by atoms with Crippen LogP contribution in [-0.2, 0) is 4.79 Å². The van der Waals surface area contributed by atoms with Gasteiger partial charge in [0, 0.05) is 23.4 Å². The normalized spacial score (nSPS) is 10.8. The molecule has 0 saturated heterocycles. The molecule has 8 nitrogen and oxygen atoms in total. The Labute approximate surface area is 161 Å². The number of anilines is 1. The van der Waals surface area contributed by atoms with Gasteiger partial charge in [-0.1, -0.05) is 24.3 Å².